The van der Waals surface area contributed by atoms with Crippen molar-refractivity contribution in [3.8, 4) is 0 Å². The van der Waals surface area contributed by atoms with Gasteiger partial charge in [0.2, 0.25) is 0 Å². The highest BCUT2D eigenvalue weighted by Gasteiger charge is 2.37. The van der Waals surface area contributed by atoms with Crippen molar-refractivity contribution in [2.24, 2.45) is 0 Å². The maximum absolute atomic E-state index is 5.94. The van der Waals surface area contributed by atoms with Gasteiger partial charge in [0.25, 0.3) is 5.95 Å². The molecule has 0 unspecified atom stereocenters. The van der Waals surface area contributed by atoms with Gasteiger partial charge < -0.3 is 9.47 Å². The first-order chi connectivity index (χ1) is 10.7. The molecule has 0 spiro atoms. The summed E-state index contributed by atoms with van der Waals surface area (Å²) in [7, 11) is 0. The zero-order chi connectivity index (χ0) is 15.5. The van der Waals surface area contributed by atoms with Crippen molar-refractivity contribution in [1.82, 2.24) is 0 Å². The molecule has 1 heterocycles. The number of hydrogen-bond acceptors (Lipinski definition) is 2. The molecule has 0 saturated carbocycles. The first kappa shape index (κ1) is 14.7. The molecule has 22 heavy (non-hydrogen) atoms. The van der Waals surface area contributed by atoms with Gasteiger partial charge >= 0.3 is 0 Å². The highest BCUT2D eigenvalue weighted by molar-refractivity contribution is 5.36. The molecule has 1 fully saturated rings. The Bertz CT molecular complexity index is 617. The van der Waals surface area contributed by atoms with E-state index in [9.17, 15) is 0 Å². The van der Waals surface area contributed by atoms with Crippen LogP contribution < -0.4 is 0 Å². The maximum Gasteiger partial charge on any atom is 0.273 e. The summed E-state index contributed by atoms with van der Waals surface area (Å²) in [4.78, 5) is 0. The second kappa shape index (κ2) is 6.27. The second-order valence-corrected chi connectivity index (χ2v) is 5.55. The molecule has 1 saturated heterocycles. The maximum atomic E-state index is 5.94. The van der Waals surface area contributed by atoms with Gasteiger partial charge in [-0.25, -0.2) is 0 Å². The molecule has 0 bridgehead atoms. The molecular weight excluding hydrogens is 272 g/mol. The smallest absolute Gasteiger partial charge is 0.273 e. The molecule has 2 heteroatoms. The van der Waals surface area contributed by atoms with Gasteiger partial charge in [-0.05, 0) is 41.7 Å². The number of hydrogen-bond donors (Lipinski definition) is 0. The van der Waals surface area contributed by atoms with E-state index in [1.54, 1.807) is 0 Å². The minimum atomic E-state index is -0.128. The molecule has 1 aliphatic heterocycles. The second-order valence-electron chi connectivity index (χ2n) is 5.55. The van der Waals surface area contributed by atoms with Crippen molar-refractivity contribution in [3.05, 3.63) is 83.3 Å². The highest BCUT2D eigenvalue weighted by atomic mass is 16.7. The average molecular weight is 294 g/mol. The van der Waals surface area contributed by atoms with Crippen molar-refractivity contribution in [3.63, 3.8) is 0 Å². The third-order valence-corrected chi connectivity index (χ3v) is 4.28. The van der Waals surface area contributed by atoms with Crippen molar-refractivity contribution in [1.29, 1.82) is 0 Å². The molecule has 1 aliphatic rings. The molecule has 0 radical (unpaired) electrons. The highest BCUT2D eigenvalue weighted by Crippen LogP contribution is 2.45. The Hall–Kier alpha value is -2.22. The van der Waals surface area contributed by atoms with Crippen LogP contribution in [-0.2, 0) is 22.3 Å². The van der Waals surface area contributed by atoms with Crippen molar-refractivity contribution >= 4 is 0 Å². The summed E-state index contributed by atoms with van der Waals surface area (Å²) in [5.41, 5.74) is 4.98. The molecule has 2 atom stereocenters. The van der Waals surface area contributed by atoms with Crippen LogP contribution >= 0.6 is 0 Å². The zero-order valence-corrected chi connectivity index (χ0v) is 13.2. The molecule has 114 valence electrons. The van der Waals surface area contributed by atoms with Crippen LogP contribution in [0.5, 0.6) is 0 Å². The standard InChI is InChI=1S/C20H22O2/c1-4-15-10-6-8-12-17(15)19-20(22-14(3)21-19)18-13-9-7-11-16(18)5-2/h6-13,19-20H,3-5H2,1-2H3/t19-,20-/m1/s1. The molecule has 0 aliphatic carbocycles. The predicted molar refractivity (Wildman–Crippen MR) is 88.4 cm³/mol. The van der Waals surface area contributed by atoms with Crippen LogP contribution in [0.2, 0.25) is 0 Å². The third-order valence-electron chi connectivity index (χ3n) is 4.28. The Morgan fingerprint density at radius 3 is 1.59 bits per heavy atom. The summed E-state index contributed by atoms with van der Waals surface area (Å²) < 4.78 is 11.9. The van der Waals surface area contributed by atoms with Gasteiger partial charge in [0.1, 0.15) is 0 Å². The largest absolute Gasteiger partial charge is 0.453 e. The summed E-state index contributed by atoms with van der Waals surface area (Å²) in [5, 5.41) is 0. The minimum Gasteiger partial charge on any atom is -0.453 e. The molecule has 3 rings (SSSR count). The summed E-state index contributed by atoms with van der Waals surface area (Å²) in [6.45, 7) is 8.20. The lowest BCUT2D eigenvalue weighted by Gasteiger charge is -2.21. The molecule has 2 aromatic carbocycles. The summed E-state index contributed by atoms with van der Waals surface area (Å²) in [5.74, 6) is 0.409. The van der Waals surface area contributed by atoms with Gasteiger partial charge in [0.05, 0.1) is 0 Å². The molecule has 0 amide bonds. The number of benzene rings is 2. The van der Waals surface area contributed by atoms with Crippen LogP contribution in [0.1, 0.15) is 48.3 Å². The van der Waals surface area contributed by atoms with Gasteiger partial charge in [-0.15, -0.1) is 0 Å². The van der Waals surface area contributed by atoms with Gasteiger partial charge in [-0.3, -0.25) is 0 Å². The Morgan fingerprint density at radius 2 is 1.18 bits per heavy atom. The fourth-order valence-corrected chi connectivity index (χ4v) is 3.16. The number of aryl methyl sites for hydroxylation is 2. The Morgan fingerprint density at radius 1 is 0.773 bits per heavy atom. The first-order valence-corrected chi connectivity index (χ1v) is 7.92. The van der Waals surface area contributed by atoms with Gasteiger partial charge in [-0.2, -0.15) is 0 Å². The summed E-state index contributed by atoms with van der Waals surface area (Å²) in [6, 6.07) is 16.8. The van der Waals surface area contributed by atoms with E-state index in [-0.39, 0.29) is 12.2 Å². The normalized spacial score (nSPS) is 20.5. The Labute approximate surface area is 132 Å². The molecule has 2 nitrogen and oxygen atoms in total. The van der Waals surface area contributed by atoms with E-state index >= 15 is 0 Å². The SMILES string of the molecule is C=C1O[C@H](c2ccccc2CC)[C@@H](c2ccccc2CC)O1. The van der Waals surface area contributed by atoms with Crippen LogP contribution in [0.25, 0.3) is 0 Å². The average Bonchev–Trinajstić information content (AvgIpc) is 2.96. The van der Waals surface area contributed by atoms with Crippen LogP contribution in [0.3, 0.4) is 0 Å². The fourth-order valence-electron chi connectivity index (χ4n) is 3.16. The lowest BCUT2D eigenvalue weighted by molar-refractivity contribution is 0.142. The lowest BCUT2D eigenvalue weighted by atomic mass is 9.91. The van der Waals surface area contributed by atoms with Crippen LogP contribution in [0.15, 0.2) is 61.1 Å². The Balaban J connectivity index is 2.04. The topological polar surface area (TPSA) is 18.5 Å². The van der Waals surface area contributed by atoms with Crippen molar-refractivity contribution in [2.75, 3.05) is 0 Å². The van der Waals surface area contributed by atoms with Gasteiger partial charge in [-0.1, -0.05) is 62.4 Å². The quantitative estimate of drug-likeness (QED) is 0.780. The number of ether oxygens (including phenoxy) is 2. The van der Waals surface area contributed by atoms with E-state index in [2.05, 4.69) is 69.0 Å². The minimum absolute atomic E-state index is 0.128. The molecule has 0 N–H and O–H groups in total. The molecule has 2 aromatic rings. The van der Waals surface area contributed by atoms with Crippen LogP contribution in [0, 0.1) is 0 Å². The van der Waals surface area contributed by atoms with E-state index in [4.69, 9.17) is 9.47 Å². The van der Waals surface area contributed by atoms with Gasteiger partial charge in [0.15, 0.2) is 12.2 Å². The van der Waals surface area contributed by atoms with E-state index in [0.717, 1.165) is 12.8 Å². The predicted octanol–water partition coefficient (Wildman–Crippen LogP) is 5.11. The summed E-state index contributed by atoms with van der Waals surface area (Å²) in [6.07, 6.45) is 1.70. The van der Waals surface area contributed by atoms with Crippen LogP contribution in [0.4, 0.5) is 0 Å². The van der Waals surface area contributed by atoms with E-state index in [1.165, 1.54) is 22.3 Å². The van der Waals surface area contributed by atoms with E-state index < -0.39 is 0 Å². The monoisotopic (exact) mass is 294 g/mol. The van der Waals surface area contributed by atoms with E-state index in [1.807, 2.05) is 0 Å². The van der Waals surface area contributed by atoms with Crippen molar-refractivity contribution in [2.45, 2.75) is 38.9 Å². The van der Waals surface area contributed by atoms with E-state index in [0.29, 0.717) is 5.95 Å². The molecular formula is C20H22O2. The zero-order valence-electron chi connectivity index (χ0n) is 13.2. The van der Waals surface area contributed by atoms with Crippen LogP contribution in [-0.4, -0.2) is 0 Å². The number of rotatable bonds is 4. The van der Waals surface area contributed by atoms with Crippen molar-refractivity contribution < 1.29 is 9.47 Å². The third kappa shape index (κ3) is 2.61. The summed E-state index contributed by atoms with van der Waals surface area (Å²) >= 11 is 0. The first-order valence-electron chi connectivity index (χ1n) is 7.92. The molecule has 0 aromatic heterocycles. The lowest BCUT2D eigenvalue weighted by Crippen LogP contribution is -2.11. The Kier molecular flexibility index (Phi) is 4.19. The van der Waals surface area contributed by atoms with Gasteiger partial charge in [0, 0.05) is 0 Å². The fraction of sp³-hybridized carbons (Fsp3) is 0.300.